The Morgan fingerprint density at radius 2 is 1.76 bits per heavy atom. The smallest absolute Gasteiger partial charge is 0.262 e. The van der Waals surface area contributed by atoms with Gasteiger partial charge in [-0.1, -0.05) is 37.6 Å². The van der Waals surface area contributed by atoms with E-state index in [4.69, 9.17) is 0 Å². The van der Waals surface area contributed by atoms with Crippen molar-refractivity contribution in [3.05, 3.63) is 58.7 Å². The van der Waals surface area contributed by atoms with Gasteiger partial charge in [-0.3, -0.25) is 14.3 Å². The first-order valence-corrected chi connectivity index (χ1v) is 12.8. The van der Waals surface area contributed by atoms with Gasteiger partial charge in [0.25, 0.3) is 15.9 Å². The topological polar surface area (TPSA) is 95.6 Å². The molecular formula is C25H33N3O4S. The van der Waals surface area contributed by atoms with Gasteiger partial charge in [-0.15, -0.1) is 0 Å². The molecule has 1 aliphatic rings. The normalized spacial score (nSPS) is 16.2. The summed E-state index contributed by atoms with van der Waals surface area (Å²) in [6.07, 6.45) is 1.37. The summed E-state index contributed by atoms with van der Waals surface area (Å²) < 4.78 is 28.8. The van der Waals surface area contributed by atoms with Gasteiger partial charge in [-0.25, -0.2) is 8.42 Å². The fourth-order valence-corrected chi connectivity index (χ4v) is 5.89. The van der Waals surface area contributed by atoms with Crippen LogP contribution in [0.4, 0.5) is 5.69 Å². The first-order valence-electron chi connectivity index (χ1n) is 11.3. The fraction of sp³-hybridized carbons (Fsp3) is 0.440. The largest absolute Gasteiger partial charge is 0.354 e. The van der Waals surface area contributed by atoms with Crippen molar-refractivity contribution in [2.24, 2.45) is 5.92 Å². The first-order chi connectivity index (χ1) is 15.5. The van der Waals surface area contributed by atoms with E-state index in [-0.39, 0.29) is 16.7 Å². The molecule has 2 aromatic carbocycles. The van der Waals surface area contributed by atoms with E-state index in [9.17, 15) is 18.0 Å². The zero-order valence-electron chi connectivity index (χ0n) is 19.9. The van der Waals surface area contributed by atoms with E-state index in [1.807, 2.05) is 32.9 Å². The lowest BCUT2D eigenvalue weighted by Gasteiger charge is -2.24. The number of anilines is 1. The van der Waals surface area contributed by atoms with Gasteiger partial charge in [0, 0.05) is 24.3 Å². The van der Waals surface area contributed by atoms with E-state index in [1.165, 1.54) is 6.07 Å². The van der Waals surface area contributed by atoms with Crippen LogP contribution in [0, 0.1) is 26.7 Å². The average Bonchev–Trinajstić information content (AvgIpc) is 3.20. The highest BCUT2D eigenvalue weighted by molar-refractivity contribution is 7.92. The second kappa shape index (κ2) is 9.95. The second-order valence-corrected chi connectivity index (χ2v) is 10.8. The second-order valence-electron chi connectivity index (χ2n) is 9.21. The maximum atomic E-state index is 13.2. The molecule has 1 fully saturated rings. The van der Waals surface area contributed by atoms with Gasteiger partial charge >= 0.3 is 0 Å². The summed E-state index contributed by atoms with van der Waals surface area (Å²) in [6.45, 7) is 10.6. The Morgan fingerprint density at radius 3 is 2.39 bits per heavy atom. The number of hydrogen-bond acceptors (Lipinski definition) is 4. The van der Waals surface area contributed by atoms with Crippen LogP contribution in [0.25, 0.3) is 0 Å². The summed E-state index contributed by atoms with van der Waals surface area (Å²) in [5, 5.41) is 2.91. The van der Waals surface area contributed by atoms with Crippen LogP contribution in [-0.4, -0.2) is 44.3 Å². The lowest BCUT2D eigenvalue weighted by Crippen LogP contribution is -2.46. The molecule has 1 heterocycles. The molecule has 0 aliphatic carbocycles. The predicted molar refractivity (Wildman–Crippen MR) is 130 cm³/mol. The monoisotopic (exact) mass is 471 g/mol. The van der Waals surface area contributed by atoms with E-state index in [1.54, 1.807) is 36.9 Å². The van der Waals surface area contributed by atoms with Crippen molar-refractivity contribution in [1.82, 2.24) is 10.2 Å². The van der Waals surface area contributed by atoms with Crippen LogP contribution in [0.3, 0.4) is 0 Å². The van der Waals surface area contributed by atoms with Crippen LogP contribution >= 0.6 is 0 Å². The van der Waals surface area contributed by atoms with Crippen molar-refractivity contribution >= 4 is 27.5 Å². The Morgan fingerprint density at radius 1 is 1.09 bits per heavy atom. The third kappa shape index (κ3) is 5.74. The molecule has 1 aliphatic heterocycles. The Labute approximate surface area is 196 Å². The molecule has 0 spiro atoms. The van der Waals surface area contributed by atoms with Crippen LogP contribution in [-0.2, 0) is 14.8 Å². The van der Waals surface area contributed by atoms with Gasteiger partial charge in [0.15, 0.2) is 0 Å². The van der Waals surface area contributed by atoms with Gasteiger partial charge in [0.2, 0.25) is 5.91 Å². The van der Waals surface area contributed by atoms with Gasteiger partial charge in [0.05, 0.1) is 4.90 Å². The van der Waals surface area contributed by atoms with Crippen molar-refractivity contribution < 1.29 is 18.0 Å². The minimum absolute atomic E-state index is 0.142. The first kappa shape index (κ1) is 24.8. The molecule has 1 atom stereocenters. The van der Waals surface area contributed by atoms with Crippen molar-refractivity contribution in [3.63, 3.8) is 0 Å². The maximum absolute atomic E-state index is 13.2. The molecule has 2 N–H and O–H groups in total. The van der Waals surface area contributed by atoms with Crippen LogP contribution in [0.5, 0.6) is 0 Å². The molecule has 3 rings (SSSR count). The molecule has 2 aromatic rings. The number of nitrogens with zero attached hydrogens (tertiary/aromatic N) is 1. The zero-order chi connectivity index (χ0) is 24.3. The standard InChI is InChI=1S/C25H33N3O4S/c1-16(2)15-26-24(29)22-10-7-11-28(22)25(30)20-8-6-9-21(14-20)27-33(31,32)23-18(4)12-17(3)13-19(23)5/h6,8-9,12-14,16,22,27H,7,10-11,15H2,1-5H3,(H,26,29). The number of hydrogen-bond donors (Lipinski definition) is 2. The molecule has 8 heteroatoms. The van der Waals surface area contributed by atoms with Crippen LogP contribution in [0.2, 0.25) is 0 Å². The number of carbonyl (C=O) groups excluding carboxylic acids is 2. The lowest BCUT2D eigenvalue weighted by molar-refractivity contribution is -0.125. The van der Waals surface area contributed by atoms with E-state index in [0.29, 0.717) is 47.8 Å². The quantitative estimate of drug-likeness (QED) is 0.642. The molecule has 7 nitrogen and oxygen atoms in total. The minimum atomic E-state index is -3.83. The molecular weight excluding hydrogens is 438 g/mol. The third-order valence-corrected chi connectivity index (χ3v) is 7.42. The zero-order valence-corrected chi connectivity index (χ0v) is 20.8. The SMILES string of the molecule is Cc1cc(C)c(S(=O)(=O)Nc2cccc(C(=O)N3CCCC3C(=O)NCC(C)C)c2)c(C)c1. The van der Waals surface area contributed by atoms with E-state index in [2.05, 4.69) is 10.0 Å². The van der Waals surface area contributed by atoms with Crippen molar-refractivity contribution in [3.8, 4) is 0 Å². The molecule has 1 saturated heterocycles. The van der Waals surface area contributed by atoms with Gasteiger partial charge in [0.1, 0.15) is 6.04 Å². The molecule has 0 radical (unpaired) electrons. The van der Waals surface area contributed by atoms with Crippen molar-refractivity contribution in [2.45, 2.75) is 58.4 Å². The molecule has 2 amide bonds. The molecule has 0 bridgehead atoms. The Kier molecular flexibility index (Phi) is 7.47. The predicted octanol–water partition coefficient (Wildman–Crippen LogP) is 3.79. The van der Waals surface area contributed by atoms with Gasteiger partial charge in [-0.2, -0.15) is 0 Å². The third-order valence-electron chi connectivity index (χ3n) is 5.74. The summed E-state index contributed by atoms with van der Waals surface area (Å²) in [6, 6.07) is 9.59. The molecule has 0 saturated carbocycles. The van der Waals surface area contributed by atoms with Gasteiger partial charge in [-0.05, 0) is 68.9 Å². The molecule has 178 valence electrons. The summed E-state index contributed by atoms with van der Waals surface area (Å²) in [5.74, 6) is -0.0947. The van der Waals surface area contributed by atoms with E-state index >= 15 is 0 Å². The van der Waals surface area contributed by atoms with Crippen LogP contribution in [0.15, 0.2) is 41.3 Å². The number of amides is 2. The number of rotatable bonds is 7. The van der Waals surface area contributed by atoms with Crippen molar-refractivity contribution in [1.29, 1.82) is 0 Å². The Balaban J connectivity index is 1.81. The average molecular weight is 472 g/mol. The van der Waals surface area contributed by atoms with E-state index < -0.39 is 16.1 Å². The fourth-order valence-electron chi connectivity index (χ4n) is 4.38. The summed E-state index contributed by atoms with van der Waals surface area (Å²) >= 11 is 0. The highest BCUT2D eigenvalue weighted by atomic mass is 32.2. The number of sulfonamides is 1. The number of aryl methyl sites for hydroxylation is 3. The van der Waals surface area contributed by atoms with Crippen LogP contribution < -0.4 is 10.0 Å². The maximum Gasteiger partial charge on any atom is 0.262 e. The lowest BCUT2D eigenvalue weighted by atomic mass is 10.1. The summed E-state index contributed by atoms with van der Waals surface area (Å²) in [7, 11) is -3.83. The van der Waals surface area contributed by atoms with Crippen LogP contribution in [0.1, 0.15) is 53.7 Å². The molecule has 0 aromatic heterocycles. The van der Waals surface area contributed by atoms with E-state index in [0.717, 1.165) is 12.0 Å². The Hall–Kier alpha value is -2.87. The summed E-state index contributed by atoms with van der Waals surface area (Å²) in [4.78, 5) is 27.6. The number of nitrogens with one attached hydrogen (secondary N) is 2. The highest BCUT2D eigenvalue weighted by Gasteiger charge is 2.34. The van der Waals surface area contributed by atoms with Gasteiger partial charge < -0.3 is 10.2 Å². The molecule has 1 unspecified atom stereocenters. The number of likely N-dealkylation sites (tertiary alicyclic amines) is 1. The minimum Gasteiger partial charge on any atom is -0.354 e. The van der Waals surface area contributed by atoms with Crippen molar-refractivity contribution in [2.75, 3.05) is 17.8 Å². The molecule has 33 heavy (non-hydrogen) atoms. The highest BCUT2D eigenvalue weighted by Crippen LogP contribution is 2.26. The Bertz CT molecular complexity index is 1130. The summed E-state index contributed by atoms with van der Waals surface area (Å²) in [5.41, 5.74) is 2.98. The number of carbonyl (C=O) groups is 2. The number of benzene rings is 2.